The number of benzene rings is 1. The van der Waals surface area contributed by atoms with Crippen LogP contribution < -0.4 is 10.7 Å². The first-order valence-electron chi connectivity index (χ1n) is 7.88. The van der Waals surface area contributed by atoms with Gasteiger partial charge in [0.15, 0.2) is 0 Å². The second-order valence-corrected chi connectivity index (χ2v) is 5.65. The molecular weight excluding hydrogens is 278 g/mol. The number of carbonyl (C=O) groups is 2. The van der Waals surface area contributed by atoms with Gasteiger partial charge in [-0.3, -0.25) is 9.59 Å². The van der Waals surface area contributed by atoms with Crippen molar-refractivity contribution in [2.24, 2.45) is 5.10 Å². The molecule has 0 aromatic heterocycles. The summed E-state index contributed by atoms with van der Waals surface area (Å²) in [6.45, 7) is 1.45. The summed E-state index contributed by atoms with van der Waals surface area (Å²) in [5.41, 5.74) is 4.93. The average Bonchev–Trinajstić information content (AvgIpc) is 2.46. The van der Waals surface area contributed by atoms with Gasteiger partial charge < -0.3 is 5.32 Å². The van der Waals surface area contributed by atoms with E-state index in [1.54, 1.807) is 24.3 Å². The third kappa shape index (κ3) is 5.31. The van der Waals surface area contributed by atoms with E-state index in [2.05, 4.69) is 15.8 Å². The molecule has 1 aliphatic carbocycles. The Morgan fingerprint density at radius 2 is 1.55 bits per heavy atom. The molecule has 5 heteroatoms. The average molecular weight is 301 g/mol. The van der Waals surface area contributed by atoms with Crippen molar-refractivity contribution in [2.45, 2.75) is 51.9 Å². The van der Waals surface area contributed by atoms with Crippen molar-refractivity contribution in [1.29, 1.82) is 0 Å². The Hall–Kier alpha value is -2.17. The van der Waals surface area contributed by atoms with Gasteiger partial charge in [0.05, 0.1) is 0 Å². The van der Waals surface area contributed by atoms with E-state index in [1.807, 2.05) is 0 Å². The fourth-order valence-electron chi connectivity index (χ4n) is 2.53. The Morgan fingerprint density at radius 1 is 0.955 bits per heavy atom. The molecule has 22 heavy (non-hydrogen) atoms. The lowest BCUT2D eigenvalue weighted by atomic mass is 9.99. The van der Waals surface area contributed by atoms with Crippen molar-refractivity contribution in [1.82, 2.24) is 5.43 Å². The second kappa shape index (κ2) is 8.32. The minimum Gasteiger partial charge on any atom is -0.326 e. The van der Waals surface area contributed by atoms with E-state index in [0.29, 0.717) is 11.3 Å². The van der Waals surface area contributed by atoms with Crippen LogP contribution in [0, 0.1) is 0 Å². The molecule has 2 rings (SSSR count). The van der Waals surface area contributed by atoms with Crippen LogP contribution >= 0.6 is 0 Å². The molecular formula is C17H23N3O2. The molecule has 0 radical (unpaired) electrons. The first-order chi connectivity index (χ1) is 10.6. The molecule has 1 aromatic rings. The minimum atomic E-state index is -0.219. The van der Waals surface area contributed by atoms with E-state index in [0.717, 1.165) is 31.4 Å². The summed E-state index contributed by atoms with van der Waals surface area (Å²) in [4.78, 5) is 23.0. The fraction of sp³-hybridized carbons (Fsp3) is 0.471. The summed E-state index contributed by atoms with van der Waals surface area (Å²) in [7, 11) is 0. The molecule has 2 N–H and O–H groups in total. The lowest BCUT2D eigenvalue weighted by Gasteiger charge is -2.11. The van der Waals surface area contributed by atoms with Gasteiger partial charge in [-0.1, -0.05) is 19.3 Å². The van der Waals surface area contributed by atoms with E-state index in [1.165, 1.54) is 26.2 Å². The molecule has 0 unspecified atom stereocenters. The standard InChI is InChI=1S/C17H23N3O2/c1-13(21)18-15-11-9-14(10-12-15)17(22)20-19-16-7-5-3-2-4-6-8-16/h9-12H,2-8H2,1H3,(H,18,21)(H,20,22). The topological polar surface area (TPSA) is 70.6 Å². The van der Waals surface area contributed by atoms with Crippen molar-refractivity contribution < 1.29 is 9.59 Å². The van der Waals surface area contributed by atoms with Gasteiger partial charge in [-0.15, -0.1) is 0 Å². The Morgan fingerprint density at radius 3 is 2.14 bits per heavy atom. The Kier molecular flexibility index (Phi) is 6.13. The maximum Gasteiger partial charge on any atom is 0.271 e. The van der Waals surface area contributed by atoms with Crippen LogP contribution in [0.3, 0.4) is 0 Å². The maximum absolute atomic E-state index is 12.1. The smallest absolute Gasteiger partial charge is 0.271 e. The van der Waals surface area contributed by atoms with Crippen LogP contribution in [0.15, 0.2) is 29.4 Å². The monoisotopic (exact) mass is 301 g/mol. The van der Waals surface area contributed by atoms with Crippen LogP contribution in [0.2, 0.25) is 0 Å². The van der Waals surface area contributed by atoms with Crippen molar-refractivity contribution in [3.05, 3.63) is 29.8 Å². The first-order valence-corrected chi connectivity index (χ1v) is 7.88. The highest BCUT2D eigenvalue weighted by Crippen LogP contribution is 2.15. The highest BCUT2D eigenvalue weighted by Gasteiger charge is 2.08. The molecule has 0 aliphatic heterocycles. The molecule has 2 amide bonds. The van der Waals surface area contributed by atoms with Crippen LogP contribution in [0.1, 0.15) is 62.2 Å². The van der Waals surface area contributed by atoms with Crippen LogP contribution in [-0.2, 0) is 4.79 Å². The number of hydrogen-bond donors (Lipinski definition) is 2. The van der Waals surface area contributed by atoms with Crippen molar-refractivity contribution in [3.8, 4) is 0 Å². The van der Waals surface area contributed by atoms with Gasteiger partial charge in [-0.25, -0.2) is 5.43 Å². The summed E-state index contributed by atoms with van der Waals surface area (Å²) >= 11 is 0. The summed E-state index contributed by atoms with van der Waals surface area (Å²) < 4.78 is 0. The van der Waals surface area contributed by atoms with E-state index in [-0.39, 0.29) is 11.8 Å². The SMILES string of the molecule is CC(=O)Nc1ccc(C(=O)NN=C2CCCCCCC2)cc1. The molecule has 1 aromatic carbocycles. The highest BCUT2D eigenvalue weighted by atomic mass is 16.2. The van der Waals surface area contributed by atoms with Gasteiger partial charge in [-0.05, 0) is 49.9 Å². The van der Waals surface area contributed by atoms with Gasteiger partial charge in [0, 0.05) is 23.9 Å². The van der Waals surface area contributed by atoms with Crippen LogP contribution in [0.25, 0.3) is 0 Å². The first kappa shape index (κ1) is 16.2. The fourth-order valence-corrected chi connectivity index (χ4v) is 2.53. The summed E-state index contributed by atoms with van der Waals surface area (Å²) in [6.07, 6.45) is 8.05. The highest BCUT2D eigenvalue weighted by molar-refractivity contribution is 5.96. The Labute approximate surface area is 131 Å². The number of nitrogens with zero attached hydrogens (tertiary/aromatic N) is 1. The predicted octanol–water partition coefficient (Wildman–Crippen LogP) is 3.48. The number of hydrazone groups is 1. The van der Waals surface area contributed by atoms with Gasteiger partial charge in [0.1, 0.15) is 0 Å². The van der Waals surface area contributed by atoms with Crippen LogP contribution in [0.4, 0.5) is 5.69 Å². The zero-order valence-corrected chi connectivity index (χ0v) is 13.0. The molecule has 118 valence electrons. The molecule has 5 nitrogen and oxygen atoms in total. The van der Waals surface area contributed by atoms with Gasteiger partial charge in [0.2, 0.25) is 5.91 Å². The zero-order valence-electron chi connectivity index (χ0n) is 13.0. The van der Waals surface area contributed by atoms with E-state index >= 15 is 0 Å². The van der Waals surface area contributed by atoms with Crippen LogP contribution in [0.5, 0.6) is 0 Å². The van der Waals surface area contributed by atoms with E-state index < -0.39 is 0 Å². The predicted molar refractivity (Wildman–Crippen MR) is 88.0 cm³/mol. The molecule has 0 atom stereocenters. The number of amides is 2. The summed E-state index contributed by atoms with van der Waals surface area (Å²) in [6, 6.07) is 6.77. The normalized spacial score (nSPS) is 15.4. The van der Waals surface area contributed by atoms with Crippen LogP contribution in [-0.4, -0.2) is 17.5 Å². The quantitative estimate of drug-likeness (QED) is 0.839. The van der Waals surface area contributed by atoms with Crippen molar-refractivity contribution in [2.75, 3.05) is 5.32 Å². The third-order valence-corrected chi connectivity index (χ3v) is 3.71. The van der Waals surface area contributed by atoms with Gasteiger partial charge in [0.25, 0.3) is 5.91 Å². The Balaban J connectivity index is 1.91. The van der Waals surface area contributed by atoms with E-state index in [4.69, 9.17) is 0 Å². The summed E-state index contributed by atoms with van der Waals surface area (Å²) in [5.74, 6) is -0.350. The number of anilines is 1. The number of rotatable bonds is 3. The number of carbonyl (C=O) groups excluding carboxylic acids is 2. The maximum atomic E-state index is 12.1. The van der Waals surface area contributed by atoms with E-state index in [9.17, 15) is 9.59 Å². The third-order valence-electron chi connectivity index (χ3n) is 3.71. The molecule has 0 bridgehead atoms. The largest absolute Gasteiger partial charge is 0.326 e. The number of nitrogens with one attached hydrogen (secondary N) is 2. The van der Waals surface area contributed by atoms with Crippen molar-refractivity contribution in [3.63, 3.8) is 0 Å². The van der Waals surface area contributed by atoms with Crippen molar-refractivity contribution >= 4 is 23.2 Å². The minimum absolute atomic E-state index is 0.132. The molecule has 0 spiro atoms. The molecule has 0 saturated heterocycles. The summed E-state index contributed by atoms with van der Waals surface area (Å²) in [5, 5.41) is 6.95. The van der Waals surface area contributed by atoms with Gasteiger partial charge in [-0.2, -0.15) is 5.10 Å². The molecule has 1 saturated carbocycles. The molecule has 1 fully saturated rings. The second-order valence-electron chi connectivity index (χ2n) is 5.65. The lowest BCUT2D eigenvalue weighted by molar-refractivity contribution is -0.114. The lowest BCUT2D eigenvalue weighted by Crippen LogP contribution is -2.20. The van der Waals surface area contributed by atoms with Gasteiger partial charge >= 0.3 is 0 Å². The molecule has 0 heterocycles. The Bertz CT molecular complexity index is 540. The molecule has 1 aliphatic rings. The number of hydrogen-bond acceptors (Lipinski definition) is 3. The zero-order chi connectivity index (χ0) is 15.8.